The Morgan fingerprint density at radius 3 is 2.50 bits per heavy atom. The van der Waals surface area contributed by atoms with E-state index < -0.39 is 17.8 Å². The van der Waals surface area contributed by atoms with Gasteiger partial charge in [0.1, 0.15) is 5.75 Å². The Bertz CT molecular complexity index is 613. The van der Waals surface area contributed by atoms with Crippen LogP contribution in [-0.4, -0.2) is 24.1 Å². The molecule has 2 bridgehead atoms. The molecule has 1 amide bonds. The van der Waals surface area contributed by atoms with E-state index >= 15 is 0 Å². The monoisotopic (exact) mass is 303 g/mol. The first-order valence-electron chi connectivity index (χ1n) is 7.69. The van der Waals surface area contributed by atoms with Crippen LogP contribution in [0.25, 0.3) is 0 Å². The van der Waals surface area contributed by atoms with Crippen LogP contribution in [0.4, 0.5) is 5.69 Å². The largest absolute Gasteiger partial charge is 0.497 e. The van der Waals surface area contributed by atoms with E-state index in [0.717, 1.165) is 36.3 Å². The fourth-order valence-electron chi connectivity index (χ4n) is 4.14. The normalized spacial score (nSPS) is 29.4. The fraction of sp³-hybridized carbons (Fsp3) is 0.529. The van der Waals surface area contributed by atoms with Crippen molar-refractivity contribution in [2.24, 2.45) is 23.7 Å². The maximum atomic E-state index is 12.6. The lowest BCUT2D eigenvalue weighted by Gasteiger charge is -2.27. The van der Waals surface area contributed by atoms with Crippen LogP contribution in [0.3, 0.4) is 0 Å². The fourth-order valence-corrected chi connectivity index (χ4v) is 4.14. The molecule has 3 rings (SSSR count). The summed E-state index contributed by atoms with van der Waals surface area (Å²) in [5, 5.41) is 12.4. The molecule has 4 atom stereocenters. The number of anilines is 1. The average Bonchev–Trinajstić information content (AvgIpc) is 3.09. The van der Waals surface area contributed by atoms with Crippen LogP contribution in [0.2, 0.25) is 0 Å². The summed E-state index contributed by atoms with van der Waals surface area (Å²) in [6.45, 7) is 1.90. The first kappa shape index (κ1) is 14.9. The second-order valence-corrected chi connectivity index (χ2v) is 6.39. The third-order valence-corrected chi connectivity index (χ3v) is 5.20. The van der Waals surface area contributed by atoms with Gasteiger partial charge in [-0.1, -0.05) is 0 Å². The molecular weight excluding hydrogens is 282 g/mol. The van der Waals surface area contributed by atoms with Gasteiger partial charge in [0.2, 0.25) is 5.91 Å². The van der Waals surface area contributed by atoms with E-state index in [4.69, 9.17) is 4.74 Å². The van der Waals surface area contributed by atoms with Crippen LogP contribution in [0.15, 0.2) is 18.2 Å². The Hall–Kier alpha value is -2.04. The van der Waals surface area contributed by atoms with E-state index in [1.165, 1.54) is 0 Å². The zero-order valence-electron chi connectivity index (χ0n) is 12.8. The van der Waals surface area contributed by atoms with E-state index in [9.17, 15) is 14.7 Å². The molecule has 2 N–H and O–H groups in total. The van der Waals surface area contributed by atoms with Crippen molar-refractivity contribution >= 4 is 17.6 Å². The molecule has 2 fully saturated rings. The van der Waals surface area contributed by atoms with Gasteiger partial charge in [-0.25, -0.2) is 0 Å². The number of hydrogen-bond donors (Lipinski definition) is 2. The quantitative estimate of drug-likeness (QED) is 0.896. The minimum absolute atomic E-state index is 0.159. The van der Waals surface area contributed by atoms with Crippen molar-refractivity contribution in [1.29, 1.82) is 0 Å². The van der Waals surface area contributed by atoms with E-state index in [1.54, 1.807) is 19.2 Å². The first-order valence-corrected chi connectivity index (χ1v) is 7.69. The number of nitrogens with one attached hydrogen (secondary N) is 1. The van der Waals surface area contributed by atoms with Gasteiger partial charge in [-0.15, -0.1) is 0 Å². The maximum Gasteiger partial charge on any atom is 0.307 e. The SMILES string of the molecule is COc1ccc(NC(=O)[C@@H]2[C@H]3CC[C@@H](C3)[C@H]2C(=O)O)c(C)c1. The van der Waals surface area contributed by atoms with Crippen molar-refractivity contribution in [2.45, 2.75) is 26.2 Å². The van der Waals surface area contributed by atoms with Crippen molar-refractivity contribution in [1.82, 2.24) is 0 Å². The zero-order chi connectivity index (χ0) is 15.9. The van der Waals surface area contributed by atoms with Crippen LogP contribution < -0.4 is 10.1 Å². The second-order valence-electron chi connectivity index (χ2n) is 6.39. The van der Waals surface area contributed by atoms with Crippen LogP contribution in [0, 0.1) is 30.6 Å². The van der Waals surface area contributed by atoms with Crippen molar-refractivity contribution in [3.05, 3.63) is 23.8 Å². The van der Waals surface area contributed by atoms with E-state index in [0.29, 0.717) is 0 Å². The lowest BCUT2D eigenvalue weighted by molar-refractivity contribution is -0.148. The number of carboxylic acid groups (broad SMARTS) is 1. The van der Waals surface area contributed by atoms with Crippen molar-refractivity contribution in [3.63, 3.8) is 0 Å². The predicted molar refractivity (Wildman–Crippen MR) is 81.8 cm³/mol. The third-order valence-electron chi connectivity index (χ3n) is 5.20. The molecule has 0 aromatic heterocycles. The third kappa shape index (κ3) is 2.45. The highest BCUT2D eigenvalue weighted by Gasteiger charge is 2.53. The van der Waals surface area contributed by atoms with Crippen molar-refractivity contribution in [3.8, 4) is 5.75 Å². The second kappa shape index (κ2) is 5.63. The molecule has 5 nitrogen and oxygen atoms in total. The smallest absolute Gasteiger partial charge is 0.307 e. The summed E-state index contributed by atoms with van der Waals surface area (Å²) >= 11 is 0. The number of aryl methyl sites for hydroxylation is 1. The number of hydrogen-bond acceptors (Lipinski definition) is 3. The molecule has 0 aliphatic heterocycles. The molecule has 0 heterocycles. The summed E-state index contributed by atoms with van der Waals surface area (Å²) < 4.78 is 5.15. The average molecular weight is 303 g/mol. The highest BCUT2D eigenvalue weighted by atomic mass is 16.5. The number of ether oxygens (including phenoxy) is 1. The molecular formula is C17H21NO4. The molecule has 5 heteroatoms. The van der Waals surface area contributed by atoms with Crippen LogP contribution in [-0.2, 0) is 9.59 Å². The number of methoxy groups -OCH3 is 1. The van der Waals surface area contributed by atoms with Gasteiger partial charge in [0, 0.05) is 5.69 Å². The van der Waals surface area contributed by atoms with Crippen molar-refractivity contribution < 1.29 is 19.4 Å². The van der Waals surface area contributed by atoms with E-state index in [2.05, 4.69) is 5.32 Å². The molecule has 1 aromatic rings. The molecule has 0 radical (unpaired) electrons. The molecule has 22 heavy (non-hydrogen) atoms. The highest BCUT2D eigenvalue weighted by molar-refractivity contribution is 5.96. The molecule has 0 saturated heterocycles. The number of benzene rings is 1. The van der Waals surface area contributed by atoms with Crippen molar-refractivity contribution in [2.75, 3.05) is 12.4 Å². The Morgan fingerprint density at radius 1 is 1.23 bits per heavy atom. The van der Waals surface area contributed by atoms with Crippen LogP contribution in [0.5, 0.6) is 5.75 Å². The summed E-state index contributed by atoms with van der Waals surface area (Å²) in [5.41, 5.74) is 1.63. The number of rotatable bonds is 4. The Morgan fingerprint density at radius 2 is 1.91 bits per heavy atom. The number of aliphatic carboxylic acids is 1. The topological polar surface area (TPSA) is 75.6 Å². The lowest BCUT2D eigenvalue weighted by atomic mass is 9.78. The zero-order valence-corrected chi connectivity index (χ0v) is 12.8. The van der Waals surface area contributed by atoms with Gasteiger partial charge in [-0.05, 0) is 61.8 Å². The number of carbonyl (C=O) groups excluding carboxylic acids is 1. The van der Waals surface area contributed by atoms with Crippen LogP contribution >= 0.6 is 0 Å². The predicted octanol–water partition coefficient (Wildman–Crippen LogP) is 2.69. The van der Waals surface area contributed by atoms with E-state index in [-0.39, 0.29) is 17.7 Å². The Kier molecular flexibility index (Phi) is 3.81. The summed E-state index contributed by atoms with van der Waals surface area (Å²) in [6, 6.07) is 5.44. The van der Waals surface area contributed by atoms with Gasteiger partial charge in [-0.3, -0.25) is 9.59 Å². The molecule has 2 aliphatic carbocycles. The Balaban J connectivity index is 1.78. The summed E-state index contributed by atoms with van der Waals surface area (Å²) in [4.78, 5) is 24.1. The number of carboxylic acids is 1. The van der Waals surface area contributed by atoms with Gasteiger partial charge < -0.3 is 15.2 Å². The van der Waals surface area contributed by atoms with Gasteiger partial charge in [0.15, 0.2) is 0 Å². The molecule has 0 spiro atoms. The van der Waals surface area contributed by atoms with Gasteiger partial charge >= 0.3 is 5.97 Å². The van der Waals surface area contributed by atoms with Crippen LogP contribution in [0.1, 0.15) is 24.8 Å². The van der Waals surface area contributed by atoms with Gasteiger partial charge in [0.05, 0.1) is 18.9 Å². The summed E-state index contributed by atoms with van der Waals surface area (Å²) in [6.07, 6.45) is 2.78. The molecule has 2 aliphatic rings. The lowest BCUT2D eigenvalue weighted by Crippen LogP contribution is -2.37. The number of amides is 1. The number of carbonyl (C=O) groups is 2. The van der Waals surface area contributed by atoms with E-state index in [1.807, 2.05) is 13.0 Å². The maximum absolute atomic E-state index is 12.6. The minimum atomic E-state index is -0.834. The summed E-state index contributed by atoms with van der Waals surface area (Å²) in [5.74, 6) is -0.819. The van der Waals surface area contributed by atoms with Gasteiger partial charge in [0.25, 0.3) is 0 Å². The molecule has 0 unspecified atom stereocenters. The molecule has 2 saturated carbocycles. The standard InChI is InChI=1S/C17H21NO4/c1-9-7-12(22-2)5-6-13(9)18-16(19)14-10-3-4-11(8-10)15(14)17(20)21/h5-7,10-11,14-15H,3-4,8H2,1-2H3,(H,18,19)(H,20,21)/t10-,11-,14+,15+/m0/s1. The van der Waals surface area contributed by atoms with Gasteiger partial charge in [-0.2, -0.15) is 0 Å². The summed E-state index contributed by atoms with van der Waals surface area (Å²) in [7, 11) is 1.60. The number of fused-ring (bicyclic) bond motifs is 2. The highest BCUT2D eigenvalue weighted by Crippen LogP contribution is 2.52. The molecule has 118 valence electrons. The molecule has 1 aromatic carbocycles. The Labute approximate surface area is 129 Å². The first-order chi connectivity index (χ1) is 10.5. The minimum Gasteiger partial charge on any atom is -0.497 e.